The molecule has 0 rings (SSSR count). The molecule has 0 aliphatic heterocycles. The van der Waals surface area contributed by atoms with Crippen molar-refractivity contribution in [2.45, 2.75) is 24.4 Å². The van der Waals surface area contributed by atoms with Gasteiger partial charge >= 0.3 is 7.60 Å². The Balaban J connectivity index is 4.44. The first-order chi connectivity index (χ1) is 7.19. The molecule has 4 atom stereocenters. The van der Waals surface area contributed by atoms with Crippen LogP contribution in [0.3, 0.4) is 0 Å². The van der Waals surface area contributed by atoms with Gasteiger partial charge in [-0.25, -0.2) is 0 Å². The summed E-state index contributed by atoms with van der Waals surface area (Å²) in [5.41, 5.74) is 0. The Kier molecular flexibility index (Phi) is 6.31. The van der Waals surface area contributed by atoms with Crippen LogP contribution in [0.1, 0.15) is 0 Å². The Hall–Kier alpha value is -0.310. The van der Waals surface area contributed by atoms with Crippen molar-refractivity contribution in [1.29, 1.82) is 0 Å². The van der Waals surface area contributed by atoms with Crippen LogP contribution in [0.4, 0.5) is 0 Å². The molecule has 96 valence electrons. The van der Waals surface area contributed by atoms with Crippen molar-refractivity contribution in [2.75, 3.05) is 6.61 Å². The summed E-state index contributed by atoms with van der Waals surface area (Å²) in [6.07, 6.45) is -6.54. The molecular weight excluding hydrogens is 243 g/mol. The molecule has 0 aromatic carbocycles. The van der Waals surface area contributed by atoms with Gasteiger partial charge < -0.3 is 35.3 Å². The highest BCUT2D eigenvalue weighted by Gasteiger charge is 2.29. The average molecular weight is 258 g/mol. The first-order valence-corrected chi connectivity index (χ1v) is 5.95. The van der Waals surface area contributed by atoms with Crippen molar-refractivity contribution in [1.82, 2.24) is 0 Å². The molecule has 0 radical (unpaired) electrons. The van der Waals surface area contributed by atoms with Crippen LogP contribution in [0.2, 0.25) is 0 Å². The fourth-order valence-electron chi connectivity index (χ4n) is 0.852. The van der Waals surface area contributed by atoms with Gasteiger partial charge in [-0.15, -0.1) is 0 Å². The number of hydrogen-bond donors (Lipinski definition) is 7. The molecular formula is C7H15O8P. The molecule has 0 spiro atoms. The maximum atomic E-state index is 10.4. The molecule has 0 aromatic heterocycles. The zero-order valence-electron chi connectivity index (χ0n) is 8.16. The lowest BCUT2D eigenvalue weighted by Gasteiger charge is -2.23. The third-order valence-corrected chi connectivity index (χ3v) is 2.32. The van der Waals surface area contributed by atoms with E-state index in [1.807, 2.05) is 0 Å². The van der Waals surface area contributed by atoms with Crippen molar-refractivity contribution >= 4 is 7.60 Å². The minimum Gasteiger partial charge on any atom is -0.394 e. The van der Waals surface area contributed by atoms with Gasteiger partial charge in [-0.05, 0) is 6.08 Å². The normalized spacial score (nSPS) is 20.7. The smallest absolute Gasteiger partial charge is 0.348 e. The summed E-state index contributed by atoms with van der Waals surface area (Å²) in [6, 6.07) is 0. The van der Waals surface area contributed by atoms with Crippen molar-refractivity contribution in [3.8, 4) is 0 Å². The highest BCUT2D eigenvalue weighted by molar-refractivity contribution is 7.55. The first kappa shape index (κ1) is 15.7. The molecule has 0 heterocycles. The molecule has 0 aromatic rings. The Morgan fingerprint density at radius 3 is 1.94 bits per heavy atom. The van der Waals surface area contributed by atoms with E-state index in [0.717, 1.165) is 0 Å². The molecule has 16 heavy (non-hydrogen) atoms. The van der Waals surface area contributed by atoms with Gasteiger partial charge in [0.15, 0.2) is 0 Å². The van der Waals surface area contributed by atoms with Gasteiger partial charge in [0, 0.05) is 5.82 Å². The Bertz CT molecular complexity index is 274. The van der Waals surface area contributed by atoms with Crippen LogP contribution in [-0.4, -0.2) is 66.3 Å². The van der Waals surface area contributed by atoms with E-state index in [9.17, 15) is 9.67 Å². The Morgan fingerprint density at radius 1 is 1.06 bits per heavy atom. The Labute approximate surface area is 91.3 Å². The maximum Gasteiger partial charge on any atom is 0.348 e. The second-order valence-corrected chi connectivity index (χ2v) is 4.63. The minimum atomic E-state index is -4.47. The van der Waals surface area contributed by atoms with Crippen LogP contribution < -0.4 is 0 Å². The van der Waals surface area contributed by atoms with Gasteiger partial charge in [-0.3, -0.25) is 4.57 Å². The van der Waals surface area contributed by atoms with Gasteiger partial charge in [-0.2, -0.15) is 0 Å². The molecule has 7 N–H and O–H groups in total. The van der Waals surface area contributed by atoms with Crippen LogP contribution in [0, 0.1) is 0 Å². The fraction of sp³-hybridized carbons (Fsp3) is 0.714. The second-order valence-electron chi connectivity index (χ2n) is 3.15. The zero-order valence-corrected chi connectivity index (χ0v) is 9.05. The fourth-order valence-corrected chi connectivity index (χ4v) is 1.25. The quantitative estimate of drug-likeness (QED) is 0.250. The molecule has 0 bridgehead atoms. The monoisotopic (exact) mass is 258 g/mol. The lowest BCUT2D eigenvalue weighted by Crippen LogP contribution is -2.45. The SMILES string of the molecule is O=P(O)(O)/C=C\[C@@H](O)[C@@H](O)[C@H](O)[C@@H](O)CO. The van der Waals surface area contributed by atoms with Crippen LogP contribution in [0.5, 0.6) is 0 Å². The van der Waals surface area contributed by atoms with E-state index in [0.29, 0.717) is 11.9 Å². The van der Waals surface area contributed by atoms with Crippen molar-refractivity contribution in [2.24, 2.45) is 0 Å². The second kappa shape index (κ2) is 6.43. The molecule has 0 saturated carbocycles. The van der Waals surface area contributed by atoms with Crippen LogP contribution in [-0.2, 0) is 4.57 Å². The standard InChI is InChI=1S/C7H15O8P/c8-3-5(10)7(12)6(11)4(9)1-2-16(13,14)15/h1-2,4-12H,3H2,(H2,13,14,15)/b2-1-/t4-,5+,6-,7-/m1/s1. The van der Waals surface area contributed by atoms with E-state index in [1.54, 1.807) is 0 Å². The van der Waals surface area contributed by atoms with Gasteiger partial charge in [0.2, 0.25) is 0 Å². The number of aliphatic hydroxyl groups is 5. The summed E-state index contributed by atoms with van der Waals surface area (Å²) in [7, 11) is -4.47. The third kappa shape index (κ3) is 5.69. The summed E-state index contributed by atoms with van der Waals surface area (Å²) in [4.78, 5) is 16.8. The van der Waals surface area contributed by atoms with Crippen molar-refractivity contribution in [3.05, 3.63) is 11.9 Å². The molecule has 0 aliphatic rings. The number of hydrogen-bond acceptors (Lipinski definition) is 6. The van der Waals surface area contributed by atoms with Crippen LogP contribution in [0.15, 0.2) is 11.9 Å². The van der Waals surface area contributed by atoms with E-state index in [2.05, 4.69) is 0 Å². The summed E-state index contributed by atoms with van der Waals surface area (Å²) >= 11 is 0. The summed E-state index contributed by atoms with van der Waals surface area (Å²) in [6.45, 7) is -0.826. The van der Waals surface area contributed by atoms with E-state index >= 15 is 0 Å². The van der Waals surface area contributed by atoms with E-state index in [4.69, 9.17) is 30.2 Å². The predicted octanol–water partition coefficient (Wildman–Crippen LogP) is -2.89. The third-order valence-electron chi connectivity index (χ3n) is 1.76. The van der Waals surface area contributed by atoms with Gasteiger partial charge in [-0.1, -0.05) is 0 Å². The largest absolute Gasteiger partial charge is 0.394 e. The van der Waals surface area contributed by atoms with E-state index < -0.39 is 38.6 Å². The molecule has 9 heteroatoms. The first-order valence-electron chi connectivity index (χ1n) is 4.26. The van der Waals surface area contributed by atoms with Crippen molar-refractivity contribution in [3.63, 3.8) is 0 Å². The lowest BCUT2D eigenvalue weighted by molar-refractivity contribution is -0.104. The maximum absolute atomic E-state index is 10.4. The average Bonchev–Trinajstić information content (AvgIpc) is 2.21. The van der Waals surface area contributed by atoms with Crippen molar-refractivity contribution < 1.29 is 39.9 Å². The summed E-state index contributed by atoms with van der Waals surface area (Å²) in [5, 5.41) is 44.9. The van der Waals surface area contributed by atoms with Crippen LogP contribution >= 0.6 is 7.60 Å². The topological polar surface area (TPSA) is 159 Å². The van der Waals surface area contributed by atoms with Crippen LogP contribution in [0.25, 0.3) is 0 Å². The molecule has 0 saturated heterocycles. The molecule has 8 nitrogen and oxygen atoms in total. The summed E-state index contributed by atoms with van der Waals surface area (Å²) < 4.78 is 10.4. The molecule has 0 amide bonds. The number of aliphatic hydroxyl groups excluding tert-OH is 5. The molecule has 0 fully saturated rings. The Morgan fingerprint density at radius 2 is 1.56 bits per heavy atom. The van der Waals surface area contributed by atoms with Gasteiger partial charge in [0.25, 0.3) is 0 Å². The molecule has 0 unspecified atom stereocenters. The lowest BCUT2D eigenvalue weighted by atomic mass is 10.0. The summed E-state index contributed by atoms with van der Waals surface area (Å²) in [5.74, 6) is 0.360. The molecule has 0 aliphatic carbocycles. The number of rotatable bonds is 6. The van der Waals surface area contributed by atoms with E-state index in [-0.39, 0.29) is 0 Å². The predicted molar refractivity (Wildman–Crippen MR) is 52.3 cm³/mol. The highest BCUT2D eigenvalue weighted by atomic mass is 31.2. The van der Waals surface area contributed by atoms with Gasteiger partial charge in [0.05, 0.1) is 6.61 Å². The van der Waals surface area contributed by atoms with E-state index in [1.165, 1.54) is 0 Å². The highest BCUT2D eigenvalue weighted by Crippen LogP contribution is 2.36. The minimum absolute atomic E-state index is 0.360. The zero-order chi connectivity index (χ0) is 12.9. The van der Waals surface area contributed by atoms with Gasteiger partial charge in [0.1, 0.15) is 24.4 Å².